The number of fused-ring (bicyclic) bond motifs is 3. The number of hydrogen-bond donors (Lipinski definition) is 0. The van der Waals surface area contributed by atoms with Crippen LogP contribution in [0.1, 0.15) is 40.3 Å². The van der Waals surface area contributed by atoms with Crippen molar-refractivity contribution in [2.75, 3.05) is 0 Å². The predicted molar refractivity (Wildman–Crippen MR) is 182 cm³/mol. The Labute approximate surface area is 283 Å². The van der Waals surface area contributed by atoms with E-state index in [0.717, 1.165) is 46.4 Å². The highest BCUT2D eigenvalue weighted by molar-refractivity contribution is 9.11. The number of ether oxygens (including phenoxy) is 1. The molecule has 2 aliphatic rings. The summed E-state index contributed by atoms with van der Waals surface area (Å²) in [7, 11) is 0. The zero-order chi connectivity index (χ0) is 30.5. The molecule has 0 radical (unpaired) electrons. The second-order valence-electron chi connectivity index (χ2n) is 10.5. The second-order valence-corrected chi connectivity index (χ2v) is 14.1. The topological polar surface area (TPSA) is 43.6 Å². The molecule has 7 rings (SSSR count). The molecule has 10 heteroatoms. The van der Waals surface area contributed by atoms with E-state index in [-0.39, 0.29) is 24.0 Å². The van der Waals surface area contributed by atoms with Gasteiger partial charge in [-0.15, -0.1) is 0 Å². The zero-order valence-corrected chi connectivity index (χ0v) is 28.3. The first-order chi connectivity index (χ1) is 21.3. The molecule has 2 heterocycles. The van der Waals surface area contributed by atoms with Crippen molar-refractivity contribution in [2.24, 2.45) is 4.99 Å². The Morgan fingerprint density at radius 2 is 1.75 bits per heavy atom. The molecule has 4 nitrogen and oxygen atoms in total. The summed E-state index contributed by atoms with van der Waals surface area (Å²) in [5.74, 6) is 0.293. The van der Waals surface area contributed by atoms with E-state index < -0.39 is 0 Å². The fourth-order valence-corrected chi connectivity index (χ4v) is 8.62. The summed E-state index contributed by atoms with van der Waals surface area (Å²) >= 11 is 20.9. The van der Waals surface area contributed by atoms with Crippen LogP contribution in [0.25, 0.3) is 11.8 Å². The van der Waals surface area contributed by atoms with Crippen LogP contribution < -0.4 is 19.6 Å². The van der Waals surface area contributed by atoms with E-state index in [1.807, 2.05) is 36.4 Å². The number of halogens is 5. The maximum Gasteiger partial charge on any atom is 0.271 e. The molecule has 220 valence electrons. The fraction of sp³-hybridized carbons (Fsp3) is 0.118. The fourth-order valence-electron chi connectivity index (χ4n) is 5.71. The van der Waals surface area contributed by atoms with E-state index >= 15 is 0 Å². The van der Waals surface area contributed by atoms with Gasteiger partial charge in [-0.2, -0.15) is 0 Å². The molecule has 5 aromatic rings. The number of allylic oxidation sites excluding steroid dienone is 1. The molecule has 0 saturated carbocycles. The Morgan fingerprint density at radius 3 is 2.50 bits per heavy atom. The number of nitrogens with zero attached hydrogens (tertiary/aromatic N) is 2. The van der Waals surface area contributed by atoms with E-state index in [2.05, 4.69) is 44.0 Å². The number of rotatable bonds is 5. The number of benzene rings is 4. The Bertz CT molecular complexity index is 2150. The lowest BCUT2D eigenvalue weighted by atomic mass is 9.83. The van der Waals surface area contributed by atoms with Gasteiger partial charge in [-0.3, -0.25) is 9.36 Å². The number of thiazole rings is 1. The molecule has 1 aliphatic heterocycles. The molecular weight excluding hydrogens is 750 g/mol. The van der Waals surface area contributed by atoms with Gasteiger partial charge in [0.25, 0.3) is 5.56 Å². The number of aromatic nitrogens is 1. The first-order valence-corrected chi connectivity index (χ1v) is 16.9. The lowest BCUT2D eigenvalue weighted by Crippen LogP contribution is -2.38. The quantitative estimate of drug-likeness (QED) is 0.179. The van der Waals surface area contributed by atoms with Crippen molar-refractivity contribution < 1.29 is 9.13 Å². The SMILES string of the molecule is O=c1/c(=C\c2cc(Br)c(OCc3ccc(Cl)cc3Cl)c(Br)c2)sc2n1[C@@H](c1ccc(F)cc1)C1=C(N=2)c2ccccc2CC1. The third-order valence-electron chi connectivity index (χ3n) is 7.76. The van der Waals surface area contributed by atoms with Gasteiger partial charge in [0.2, 0.25) is 0 Å². The van der Waals surface area contributed by atoms with Crippen molar-refractivity contribution in [2.45, 2.75) is 25.5 Å². The van der Waals surface area contributed by atoms with Crippen LogP contribution in [0.5, 0.6) is 5.75 Å². The molecule has 0 amide bonds. The van der Waals surface area contributed by atoms with E-state index in [4.69, 9.17) is 32.9 Å². The smallest absolute Gasteiger partial charge is 0.271 e. The minimum atomic E-state index is -0.369. The van der Waals surface area contributed by atoms with Crippen molar-refractivity contribution in [3.63, 3.8) is 0 Å². The van der Waals surface area contributed by atoms with Crippen molar-refractivity contribution >= 4 is 78.2 Å². The summed E-state index contributed by atoms with van der Waals surface area (Å²) in [6.07, 6.45) is 3.48. The van der Waals surface area contributed by atoms with Gasteiger partial charge in [0.15, 0.2) is 4.80 Å². The first-order valence-electron chi connectivity index (χ1n) is 13.7. The average molecular weight is 771 g/mol. The Balaban J connectivity index is 1.30. The Hall–Kier alpha value is -3.01. The number of aryl methyl sites for hydroxylation is 1. The van der Waals surface area contributed by atoms with E-state index in [1.54, 1.807) is 28.8 Å². The Kier molecular flexibility index (Phi) is 8.14. The van der Waals surface area contributed by atoms with Gasteiger partial charge >= 0.3 is 0 Å². The van der Waals surface area contributed by atoms with Crippen LogP contribution >= 0.6 is 66.4 Å². The molecular formula is C34H21Br2Cl2FN2O2S. The van der Waals surface area contributed by atoms with Gasteiger partial charge < -0.3 is 4.74 Å². The van der Waals surface area contributed by atoms with Gasteiger partial charge in [-0.1, -0.05) is 77.0 Å². The number of hydrogen-bond acceptors (Lipinski definition) is 4. The highest BCUT2D eigenvalue weighted by atomic mass is 79.9. The Morgan fingerprint density at radius 1 is 1.00 bits per heavy atom. The average Bonchev–Trinajstić information content (AvgIpc) is 3.31. The maximum atomic E-state index is 14.1. The van der Waals surface area contributed by atoms with Crippen molar-refractivity contribution in [3.05, 3.63) is 157 Å². The van der Waals surface area contributed by atoms with Crippen LogP contribution in [0.15, 0.2) is 103 Å². The summed E-state index contributed by atoms with van der Waals surface area (Å²) in [5, 5.41) is 1.09. The standard InChI is InChI=1S/C34H21Br2Cl2FN2O2S/c35-26-13-18(14-27(36)32(26)43-17-21-5-9-22(37)16-28(21)38)15-29-33(42)41-31(20-6-10-23(39)11-7-20)25-12-8-19-3-1-2-4-24(19)30(25)40-34(41)44-29/h1-7,9-11,13-16,31H,8,12,17H2/b29-15+/t31-/m0/s1. The zero-order valence-electron chi connectivity index (χ0n) is 22.8. The molecule has 0 unspecified atom stereocenters. The van der Waals surface area contributed by atoms with Gasteiger partial charge in [-0.05, 0) is 109 Å². The molecule has 1 aliphatic carbocycles. The molecule has 44 heavy (non-hydrogen) atoms. The summed E-state index contributed by atoms with van der Waals surface area (Å²) in [6.45, 7) is 0.252. The van der Waals surface area contributed by atoms with Crippen LogP contribution in [0.4, 0.5) is 4.39 Å². The molecule has 0 fully saturated rings. The highest BCUT2D eigenvalue weighted by Gasteiger charge is 2.32. The third-order valence-corrected chi connectivity index (χ3v) is 10.5. The van der Waals surface area contributed by atoms with Crippen LogP contribution in [-0.4, -0.2) is 4.57 Å². The van der Waals surface area contributed by atoms with Crippen LogP contribution in [-0.2, 0) is 13.0 Å². The first kappa shape index (κ1) is 29.7. The highest BCUT2D eigenvalue weighted by Crippen LogP contribution is 2.41. The van der Waals surface area contributed by atoms with Crippen LogP contribution in [0.2, 0.25) is 10.0 Å². The molecule has 1 atom stereocenters. The minimum Gasteiger partial charge on any atom is -0.486 e. The van der Waals surface area contributed by atoms with Gasteiger partial charge in [0.05, 0.1) is 25.2 Å². The van der Waals surface area contributed by atoms with E-state index in [0.29, 0.717) is 34.1 Å². The molecule has 0 bridgehead atoms. The molecule has 1 aromatic heterocycles. The molecule has 0 saturated heterocycles. The second kappa shape index (κ2) is 12.1. The van der Waals surface area contributed by atoms with E-state index in [9.17, 15) is 9.18 Å². The van der Waals surface area contributed by atoms with Gasteiger partial charge in [-0.25, -0.2) is 9.38 Å². The summed E-state index contributed by atoms with van der Waals surface area (Å²) < 4.78 is 23.7. The van der Waals surface area contributed by atoms with Gasteiger partial charge in [0, 0.05) is 21.2 Å². The molecule has 0 N–H and O–H groups in total. The predicted octanol–water partition coefficient (Wildman–Crippen LogP) is 8.87. The van der Waals surface area contributed by atoms with E-state index in [1.165, 1.54) is 29.0 Å². The monoisotopic (exact) mass is 768 g/mol. The largest absolute Gasteiger partial charge is 0.486 e. The lowest BCUT2D eigenvalue weighted by molar-refractivity contribution is 0.302. The normalized spacial score (nSPS) is 15.8. The third kappa shape index (κ3) is 5.52. The van der Waals surface area contributed by atoms with Crippen LogP contribution in [0, 0.1) is 5.82 Å². The van der Waals surface area contributed by atoms with Gasteiger partial charge in [0.1, 0.15) is 18.2 Å². The lowest BCUT2D eigenvalue weighted by Gasteiger charge is -2.30. The minimum absolute atomic E-state index is 0.140. The summed E-state index contributed by atoms with van der Waals surface area (Å²) in [6, 6.07) is 23.4. The summed E-state index contributed by atoms with van der Waals surface area (Å²) in [5.41, 5.74) is 6.62. The molecule has 0 spiro atoms. The van der Waals surface area contributed by atoms with Crippen molar-refractivity contribution in [3.8, 4) is 5.75 Å². The van der Waals surface area contributed by atoms with Crippen LogP contribution in [0.3, 0.4) is 0 Å². The molecule has 4 aromatic carbocycles. The maximum absolute atomic E-state index is 14.1. The summed E-state index contributed by atoms with van der Waals surface area (Å²) in [4.78, 5) is 19.7. The van der Waals surface area contributed by atoms with Crippen molar-refractivity contribution in [1.29, 1.82) is 0 Å². The van der Waals surface area contributed by atoms with Crippen molar-refractivity contribution in [1.82, 2.24) is 4.57 Å².